The van der Waals surface area contributed by atoms with E-state index in [0.29, 0.717) is 17.5 Å². The third kappa shape index (κ3) is 2.84. The Morgan fingerprint density at radius 2 is 2.12 bits per heavy atom. The second-order valence-corrected chi connectivity index (χ2v) is 4.19. The zero-order valence-electron chi connectivity index (χ0n) is 8.52. The van der Waals surface area contributed by atoms with Crippen LogP contribution in [-0.4, -0.2) is 4.98 Å². The summed E-state index contributed by atoms with van der Waals surface area (Å²) in [6.07, 6.45) is 3.10. The average molecular weight is 238 g/mol. The van der Waals surface area contributed by atoms with Crippen LogP contribution in [0.4, 0.5) is 4.39 Å². The number of hydrogen-bond donors (Lipinski definition) is 1. The van der Waals surface area contributed by atoms with Gasteiger partial charge in [-0.1, -0.05) is 17.8 Å². The third-order valence-electron chi connectivity index (χ3n) is 2.03. The Bertz CT molecular complexity index is 459. The summed E-state index contributed by atoms with van der Waals surface area (Å²) in [5.41, 5.74) is 7.15. The van der Waals surface area contributed by atoms with E-state index in [2.05, 4.69) is 4.98 Å². The molecule has 0 aliphatic rings. The molecule has 0 unspecified atom stereocenters. The summed E-state index contributed by atoms with van der Waals surface area (Å²) in [7, 11) is 0. The minimum atomic E-state index is -0.258. The van der Waals surface area contributed by atoms with Gasteiger partial charge in [-0.2, -0.15) is 0 Å². The molecule has 1 aromatic carbocycles. The molecule has 3 nitrogen and oxygen atoms in total. The van der Waals surface area contributed by atoms with E-state index >= 15 is 0 Å². The quantitative estimate of drug-likeness (QED) is 0.832. The molecular formula is C11H11FN2OS. The molecule has 0 aliphatic heterocycles. The molecule has 0 atom stereocenters. The molecular weight excluding hydrogens is 227 g/mol. The molecule has 1 heterocycles. The first-order chi connectivity index (χ1) is 7.78. The molecule has 2 aromatic rings. The highest BCUT2D eigenvalue weighted by Crippen LogP contribution is 2.21. The second-order valence-electron chi connectivity index (χ2n) is 3.26. The van der Waals surface area contributed by atoms with Crippen LogP contribution in [0.25, 0.3) is 0 Å². The maximum Gasteiger partial charge on any atom is 0.255 e. The van der Waals surface area contributed by atoms with E-state index in [1.165, 1.54) is 30.2 Å². The Balaban J connectivity index is 2.06. The van der Waals surface area contributed by atoms with E-state index in [4.69, 9.17) is 10.2 Å². The first-order valence-electron chi connectivity index (χ1n) is 4.78. The van der Waals surface area contributed by atoms with E-state index in [1.807, 2.05) is 6.07 Å². The Morgan fingerprint density at radius 1 is 1.31 bits per heavy atom. The van der Waals surface area contributed by atoms with Crippen LogP contribution in [0, 0.1) is 5.82 Å². The predicted molar refractivity (Wildman–Crippen MR) is 60.4 cm³/mol. The van der Waals surface area contributed by atoms with Gasteiger partial charge in [-0.25, -0.2) is 9.37 Å². The van der Waals surface area contributed by atoms with Gasteiger partial charge < -0.3 is 10.2 Å². The molecule has 0 radical (unpaired) electrons. The van der Waals surface area contributed by atoms with Crippen molar-refractivity contribution in [1.29, 1.82) is 0 Å². The van der Waals surface area contributed by atoms with Crippen LogP contribution in [0.5, 0.6) is 0 Å². The van der Waals surface area contributed by atoms with Crippen LogP contribution in [0.1, 0.15) is 11.1 Å². The minimum absolute atomic E-state index is 0.258. The van der Waals surface area contributed by atoms with Crippen LogP contribution >= 0.6 is 11.8 Å². The molecule has 0 bridgehead atoms. The lowest BCUT2D eigenvalue weighted by atomic mass is 10.1. The summed E-state index contributed by atoms with van der Waals surface area (Å²) >= 11 is 1.42. The standard InChI is InChI=1S/C11H11FN2OS/c12-10-4-8(6-13)3-9(5-10)7-16-11-14-1-2-15-11/h1-5H,6-7,13H2. The molecule has 5 heteroatoms. The van der Waals surface area contributed by atoms with Crippen LogP contribution in [0.3, 0.4) is 0 Å². The summed E-state index contributed by atoms with van der Waals surface area (Å²) in [6.45, 7) is 0.342. The Morgan fingerprint density at radius 3 is 2.81 bits per heavy atom. The smallest absolute Gasteiger partial charge is 0.255 e. The Kier molecular flexibility index (Phi) is 3.58. The van der Waals surface area contributed by atoms with E-state index in [-0.39, 0.29) is 5.82 Å². The van der Waals surface area contributed by atoms with Crippen molar-refractivity contribution in [2.45, 2.75) is 17.5 Å². The van der Waals surface area contributed by atoms with Crippen molar-refractivity contribution < 1.29 is 8.81 Å². The van der Waals surface area contributed by atoms with Gasteiger partial charge in [-0.15, -0.1) is 0 Å². The number of aromatic nitrogens is 1. The number of benzene rings is 1. The number of nitrogens with two attached hydrogens (primary N) is 1. The maximum atomic E-state index is 13.2. The fourth-order valence-corrected chi connectivity index (χ4v) is 2.06. The summed E-state index contributed by atoms with van der Waals surface area (Å²) in [5.74, 6) is 0.358. The van der Waals surface area contributed by atoms with Crippen molar-refractivity contribution in [3.8, 4) is 0 Å². The second kappa shape index (κ2) is 5.14. The van der Waals surface area contributed by atoms with Crippen molar-refractivity contribution in [3.63, 3.8) is 0 Å². The van der Waals surface area contributed by atoms with Gasteiger partial charge in [0.05, 0.1) is 6.20 Å². The fourth-order valence-electron chi connectivity index (χ4n) is 1.35. The van der Waals surface area contributed by atoms with Crippen LogP contribution in [-0.2, 0) is 12.3 Å². The van der Waals surface area contributed by atoms with Gasteiger partial charge in [-0.05, 0) is 23.3 Å². The molecule has 2 N–H and O–H groups in total. The monoisotopic (exact) mass is 238 g/mol. The molecule has 0 aliphatic carbocycles. The average Bonchev–Trinajstić information content (AvgIpc) is 2.78. The van der Waals surface area contributed by atoms with Gasteiger partial charge in [0.25, 0.3) is 5.22 Å². The first kappa shape index (κ1) is 11.2. The number of thioether (sulfide) groups is 1. The molecule has 2 rings (SSSR count). The number of hydrogen-bond acceptors (Lipinski definition) is 4. The number of halogens is 1. The van der Waals surface area contributed by atoms with Gasteiger partial charge in [0.2, 0.25) is 0 Å². The van der Waals surface area contributed by atoms with Gasteiger partial charge in [0, 0.05) is 12.3 Å². The van der Waals surface area contributed by atoms with E-state index in [9.17, 15) is 4.39 Å². The summed E-state index contributed by atoms with van der Waals surface area (Å²) in [6, 6.07) is 4.83. The van der Waals surface area contributed by atoms with Crippen molar-refractivity contribution >= 4 is 11.8 Å². The summed E-state index contributed by atoms with van der Waals surface area (Å²) in [5, 5.41) is 0.582. The molecule has 16 heavy (non-hydrogen) atoms. The lowest BCUT2D eigenvalue weighted by Crippen LogP contribution is -1.98. The molecule has 84 valence electrons. The van der Waals surface area contributed by atoms with Gasteiger partial charge in [0.1, 0.15) is 12.1 Å². The van der Waals surface area contributed by atoms with E-state index in [1.54, 1.807) is 6.20 Å². The number of rotatable bonds is 4. The third-order valence-corrected chi connectivity index (χ3v) is 2.95. The molecule has 0 amide bonds. The fraction of sp³-hybridized carbons (Fsp3) is 0.182. The summed E-state index contributed by atoms with van der Waals surface area (Å²) < 4.78 is 18.3. The van der Waals surface area contributed by atoms with Gasteiger partial charge in [-0.3, -0.25) is 0 Å². The Labute approximate surface area is 96.9 Å². The first-order valence-corrected chi connectivity index (χ1v) is 5.77. The van der Waals surface area contributed by atoms with Gasteiger partial charge >= 0.3 is 0 Å². The summed E-state index contributed by atoms with van der Waals surface area (Å²) in [4.78, 5) is 3.97. The lowest BCUT2D eigenvalue weighted by molar-refractivity contribution is 0.454. The largest absolute Gasteiger partial charge is 0.440 e. The van der Waals surface area contributed by atoms with Crippen molar-refractivity contribution in [2.24, 2.45) is 5.73 Å². The van der Waals surface area contributed by atoms with Crippen LogP contribution in [0.15, 0.2) is 40.3 Å². The SMILES string of the molecule is NCc1cc(F)cc(CSc2ncco2)c1. The van der Waals surface area contributed by atoms with Gasteiger partial charge in [0.15, 0.2) is 0 Å². The zero-order chi connectivity index (χ0) is 11.4. The highest BCUT2D eigenvalue weighted by atomic mass is 32.2. The topological polar surface area (TPSA) is 52.0 Å². The van der Waals surface area contributed by atoms with Crippen LogP contribution in [0.2, 0.25) is 0 Å². The molecule has 0 spiro atoms. The van der Waals surface area contributed by atoms with E-state index < -0.39 is 0 Å². The molecule has 0 saturated heterocycles. The molecule has 0 fully saturated rings. The predicted octanol–water partition coefficient (Wildman–Crippen LogP) is 2.56. The van der Waals surface area contributed by atoms with E-state index in [0.717, 1.165) is 11.1 Å². The maximum absolute atomic E-state index is 13.2. The van der Waals surface area contributed by atoms with Crippen molar-refractivity contribution in [2.75, 3.05) is 0 Å². The minimum Gasteiger partial charge on any atom is -0.440 e. The molecule has 1 aromatic heterocycles. The molecule has 0 saturated carbocycles. The van der Waals surface area contributed by atoms with Crippen molar-refractivity contribution in [1.82, 2.24) is 4.98 Å². The Hall–Kier alpha value is -1.33. The number of nitrogens with zero attached hydrogens (tertiary/aromatic N) is 1. The van der Waals surface area contributed by atoms with Crippen LogP contribution < -0.4 is 5.73 Å². The zero-order valence-corrected chi connectivity index (χ0v) is 9.34. The van der Waals surface area contributed by atoms with Crippen molar-refractivity contribution in [3.05, 3.63) is 47.6 Å². The normalized spacial score (nSPS) is 10.6. The number of oxazole rings is 1. The lowest BCUT2D eigenvalue weighted by Gasteiger charge is -2.03. The highest BCUT2D eigenvalue weighted by Gasteiger charge is 2.03. The highest BCUT2D eigenvalue weighted by molar-refractivity contribution is 7.98.